The second-order valence-corrected chi connectivity index (χ2v) is 7.20. The quantitative estimate of drug-likeness (QED) is 0.376. The lowest BCUT2D eigenvalue weighted by molar-refractivity contribution is -0.113. The Labute approximate surface area is 156 Å². The van der Waals surface area contributed by atoms with Gasteiger partial charge in [0.2, 0.25) is 5.91 Å². The van der Waals surface area contributed by atoms with E-state index in [1.807, 2.05) is 36.4 Å². The number of benzene rings is 2. The van der Waals surface area contributed by atoms with Gasteiger partial charge in [-0.1, -0.05) is 36.0 Å². The van der Waals surface area contributed by atoms with E-state index in [0.29, 0.717) is 16.1 Å². The summed E-state index contributed by atoms with van der Waals surface area (Å²) >= 11 is 3.42. The van der Waals surface area contributed by atoms with Crippen molar-refractivity contribution in [2.24, 2.45) is 7.05 Å². The number of halogens is 1. The number of para-hydroxylation sites is 2. The standard InChI is InChI=1S/C17H14IN3O2S/c1-21-16(23)11-6-2-4-8-13(11)20-17(21)24-10-15(22)19-14-9-5-3-7-12(14)18/h2-9H,10H2,1H3,(H,19,22). The Hall–Kier alpha value is -1.87. The fraction of sp³-hybridized carbons (Fsp3) is 0.118. The number of anilines is 1. The number of hydrogen-bond donors (Lipinski definition) is 1. The molecule has 0 bridgehead atoms. The molecule has 5 nitrogen and oxygen atoms in total. The van der Waals surface area contributed by atoms with Crippen LogP contribution in [0.3, 0.4) is 0 Å². The summed E-state index contributed by atoms with van der Waals surface area (Å²) in [5, 5.41) is 3.97. The van der Waals surface area contributed by atoms with Crippen LogP contribution in [0.5, 0.6) is 0 Å². The topological polar surface area (TPSA) is 64.0 Å². The summed E-state index contributed by atoms with van der Waals surface area (Å²) in [4.78, 5) is 29.0. The number of amides is 1. The van der Waals surface area contributed by atoms with Gasteiger partial charge in [0.1, 0.15) is 0 Å². The second-order valence-electron chi connectivity index (χ2n) is 5.09. The molecule has 0 spiro atoms. The minimum absolute atomic E-state index is 0.110. The Morgan fingerprint density at radius 3 is 2.71 bits per heavy atom. The average molecular weight is 451 g/mol. The van der Waals surface area contributed by atoms with Crippen molar-refractivity contribution in [1.29, 1.82) is 0 Å². The van der Waals surface area contributed by atoms with E-state index in [1.54, 1.807) is 19.2 Å². The van der Waals surface area contributed by atoms with Gasteiger partial charge in [-0.3, -0.25) is 14.2 Å². The lowest BCUT2D eigenvalue weighted by Gasteiger charge is -2.09. The van der Waals surface area contributed by atoms with Crippen molar-refractivity contribution in [1.82, 2.24) is 9.55 Å². The molecule has 0 aliphatic heterocycles. The Morgan fingerprint density at radius 1 is 1.21 bits per heavy atom. The maximum absolute atomic E-state index is 12.3. The van der Waals surface area contributed by atoms with Gasteiger partial charge in [-0.2, -0.15) is 0 Å². The zero-order valence-electron chi connectivity index (χ0n) is 12.8. The van der Waals surface area contributed by atoms with Gasteiger partial charge in [-0.25, -0.2) is 4.98 Å². The molecule has 1 N–H and O–H groups in total. The third-order valence-corrected chi connectivity index (χ3v) is 5.39. The normalized spacial score (nSPS) is 10.8. The first-order valence-electron chi connectivity index (χ1n) is 7.19. The third-order valence-electron chi connectivity index (χ3n) is 3.42. The molecule has 3 rings (SSSR count). The van der Waals surface area contributed by atoms with Crippen molar-refractivity contribution in [2.75, 3.05) is 11.1 Å². The molecule has 0 aliphatic rings. The van der Waals surface area contributed by atoms with Crippen molar-refractivity contribution in [3.8, 4) is 0 Å². The van der Waals surface area contributed by atoms with Crippen LogP contribution < -0.4 is 10.9 Å². The van der Waals surface area contributed by atoms with Crippen LogP contribution in [0, 0.1) is 3.57 Å². The van der Waals surface area contributed by atoms with Crippen LogP contribution in [-0.4, -0.2) is 21.2 Å². The molecule has 1 aromatic heterocycles. The number of fused-ring (bicyclic) bond motifs is 1. The molecule has 24 heavy (non-hydrogen) atoms. The molecule has 0 unspecified atom stereocenters. The van der Waals surface area contributed by atoms with Crippen molar-refractivity contribution in [3.05, 3.63) is 62.5 Å². The molecule has 2 aromatic carbocycles. The maximum Gasteiger partial charge on any atom is 0.261 e. The van der Waals surface area contributed by atoms with E-state index in [4.69, 9.17) is 0 Å². The highest BCUT2D eigenvalue weighted by Gasteiger charge is 2.11. The number of carbonyl (C=O) groups excluding carboxylic acids is 1. The molecule has 7 heteroatoms. The molecule has 0 fully saturated rings. The van der Waals surface area contributed by atoms with E-state index in [9.17, 15) is 9.59 Å². The van der Waals surface area contributed by atoms with E-state index in [2.05, 4.69) is 32.9 Å². The first-order valence-corrected chi connectivity index (χ1v) is 9.25. The van der Waals surface area contributed by atoms with Crippen molar-refractivity contribution in [3.63, 3.8) is 0 Å². The fourth-order valence-electron chi connectivity index (χ4n) is 2.21. The Kier molecular flexibility index (Phi) is 5.20. The van der Waals surface area contributed by atoms with E-state index in [0.717, 1.165) is 9.26 Å². The van der Waals surface area contributed by atoms with Crippen LogP contribution in [0.2, 0.25) is 0 Å². The molecule has 0 atom stereocenters. The Morgan fingerprint density at radius 2 is 1.92 bits per heavy atom. The highest BCUT2D eigenvalue weighted by molar-refractivity contribution is 14.1. The number of nitrogens with one attached hydrogen (secondary N) is 1. The predicted octanol–water partition coefficient (Wildman–Crippen LogP) is 3.27. The summed E-state index contributed by atoms with van der Waals surface area (Å²) in [6.07, 6.45) is 0. The van der Waals surface area contributed by atoms with E-state index in [1.165, 1.54) is 16.3 Å². The molecular formula is C17H14IN3O2S. The highest BCUT2D eigenvalue weighted by atomic mass is 127. The molecule has 1 amide bonds. The minimum Gasteiger partial charge on any atom is -0.324 e. The third kappa shape index (κ3) is 3.62. The summed E-state index contributed by atoms with van der Waals surface area (Å²) in [7, 11) is 1.67. The average Bonchev–Trinajstić information content (AvgIpc) is 2.59. The lowest BCUT2D eigenvalue weighted by atomic mass is 10.2. The number of aromatic nitrogens is 2. The van der Waals surface area contributed by atoms with Gasteiger partial charge in [0.15, 0.2) is 5.16 Å². The van der Waals surface area contributed by atoms with Crippen molar-refractivity contribution >= 4 is 56.9 Å². The van der Waals surface area contributed by atoms with Crippen LogP contribution in [0.4, 0.5) is 5.69 Å². The fourth-order valence-corrected chi connectivity index (χ4v) is 3.50. The van der Waals surface area contributed by atoms with Gasteiger partial charge in [-0.05, 0) is 46.9 Å². The maximum atomic E-state index is 12.3. The molecule has 0 saturated heterocycles. The zero-order chi connectivity index (χ0) is 17.1. The highest BCUT2D eigenvalue weighted by Crippen LogP contribution is 2.19. The van der Waals surface area contributed by atoms with Gasteiger partial charge in [-0.15, -0.1) is 0 Å². The van der Waals surface area contributed by atoms with Crippen LogP contribution in [0.15, 0.2) is 58.5 Å². The van der Waals surface area contributed by atoms with Gasteiger partial charge in [0, 0.05) is 10.6 Å². The SMILES string of the molecule is Cn1c(SCC(=O)Nc2ccccc2I)nc2ccccc2c1=O. The Balaban J connectivity index is 1.76. The lowest BCUT2D eigenvalue weighted by Crippen LogP contribution is -2.21. The van der Waals surface area contributed by atoms with Gasteiger partial charge >= 0.3 is 0 Å². The van der Waals surface area contributed by atoms with Gasteiger partial charge in [0.25, 0.3) is 5.56 Å². The van der Waals surface area contributed by atoms with E-state index >= 15 is 0 Å². The smallest absolute Gasteiger partial charge is 0.261 e. The van der Waals surface area contributed by atoms with Crippen molar-refractivity contribution < 1.29 is 4.79 Å². The van der Waals surface area contributed by atoms with Gasteiger partial charge in [0.05, 0.1) is 22.3 Å². The molecule has 0 aliphatic carbocycles. The van der Waals surface area contributed by atoms with Gasteiger partial charge < -0.3 is 5.32 Å². The number of hydrogen-bond acceptors (Lipinski definition) is 4. The summed E-state index contributed by atoms with van der Waals surface area (Å²) in [5.74, 6) is 0.0513. The monoisotopic (exact) mass is 451 g/mol. The molecule has 0 radical (unpaired) electrons. The predicted molar refractivity (Wildman–Crippen MR) is 105 cm³/mol. The molecule has 122 valence electrons. The molecule has 3 aromatic rings. The van der Waals surface area contributed by atoms with Crippen molar-refractivity contribution in [2.45, 2.75) is 5.16 Å². The molecule has 0 saturated carbocycles. The zero-order valence-corrected chi connectivity index (χ0v) is 15.8. The number of rotatable bonds is 4. The van der Waals surface area contributed by atoms with E-state index < -0.39 is 0 Å². The summed E-state index contributed by atoms with van der Waals surface area (Å²) in [6, 6.07) is 14.8. The first-order chi connectivity index (χ1) is 11.6. The molecule has 1 heterocycles. The number of nitrogens with zero attached hydrogens (tertiary/aromatic N) is 2. The first kappa shape index (κ1) is 17.0. The Bertz CT molecular complexity index is 971. The van der Waals surface area contributed by atoms with E-state index in [-0.39, 0.29) is 17.2 Å². The minimum atomic E-state index is -0.133. The molecular weight excluding hydrogens is 437 g/mol. The van der Waals surface area contributed by atoms with Crippen LogP contribution in [0.25, 0.3) is 10.9 Å². The second kappa shape index (κ2) is 7.35. The van der Waals surface area contributed by atoms with Crippen LogP contribution in [-0.2, 0) is 11.8 Å². The summed E-state index contributed by atoms with van der Waals surface area (Å²) in [6.45, 7) is 0. The number of thioether (sulfide) groups is 1. The van der Waals surface area contributed by atoms with Crippen LogP contribution in [0.1, 0.15) is 0 Å². The largest absolute Gasteiger partial charge is 0.324 e. The summed E-state index contributed by atoms with van der Waals surface area (Å²) < 4.78 is 2.46. The summed E-state index contributed by atoms with van der Waals surface area (Å²) in [5.41, 5.74) is 1.31. The van der Waals surface area contributed by atoms with Crippen LogP contribution >= 0.6 is 34.4 Å². The number of carbonyl (C=O) groups is 1.